The average molecular weight is 395 g/mol. The van der Waals surface area contributed by atoms with E-state index < -0.39 is 16.4 Å². The highest BCUT2D eigenvalue weighted by Crippen LogP contribution is 2.32. The summed E-state index contributed by atoms with van der Waals surface area (Å²) < 4.78 is 5.66. The zero-order valence-electron chi connectivity index (χ0n) is 14.1. The number of oxazole rings is 1. The van der Waals surface area contributed by atoms with Crippen LogP contribution in [0.2, 0.25) is 5.02 Å². The lowest BCUT2D eigenvalue weighted by Gasteiger charge is -2.02. The van der Waals surface area contributed by atoms with Crippen LogP contribution in [0.5, 0.6) is 5.75 Å². The lowest BCUT2D eigenvalue weighted by molar-refractivity contribution is -0.385. The summed E-state index contributed by atoms with van der Waals surface area (Å²) in [5.41, 5.74) is 2.11. The summed E-state index contributed by atoms with van der Waals surface area (Å²) in [6.45, 7) is 0. The Labute approximate surface area is 162 Å². The van der Waals surface area contributed by atoms with E-state index in [-0.39, 0.29) is 10.6 Å². The topological polar surface area (TPSA) is 115 Å². The monoisotopic (exact) mass is 394 g/mol. The molecule has 0 saturated heterocycles. The van der Waals surface area contributed by atoms with Crippen molar-refractivity contribution in [2.45, 2.75) is 0 Å². The molecular weight excluding hydrogens is 384 g/mol. The molecule has 0 radical (unpaired) electrons. The van der Waals surface area contributed by atoms with Crippen molar-refractivity contribution in [1.82, 2.24) is 9.97 Å². The van der Waals surface area contributed by atoms with Crippen LogP contribution in [0.1, 0.15) is 5.56 Å². The van der Waals surface area contributed by atoms with Crippen molar-refractivity contribution in [1.29, 1.82) is 0 Å². The fourth-order valence-electron chi connectivity index (χ4n) is 2.57. The van der Waals surface area contributed by atoms with Gasteiger partial charge in [-0.25, -0.2) is 4.98 Å². The van der Waals surface area contributed by atoms with Gasteiger partial charge < -0.3 is 9.52 Å². The third-order valence-corrected chi connectivity index (χ3v) is 4.13. The molecule has 0 saturated carbocycles. The fraction of sp³-hybridized carbons (Fsp3) is 0. The van der Waals surface area contributed by atoms with Crippen LogP contribution in [-0.2, 0) is 0 Å². The molecule has 0 atom stereocenters. The number of fused-ring (bicyclic) bond motifs is 1. The highest BCUT2D eigenvalue weighted by Gasteiger charge is 2.17. The van der Waals surface area contributed by atoms with Crippen molar-refractivity contribution in [3.63, 3.8) is 0 Å². The van der Waals surface area contributed by atoms with Gasteiger partial charge in [-0.1, -0.05) is 11.6 Å². The number of aliphatic imine (C=N–C) groups is 1. The van der Waals surface area contributed by atoms with Crippen molar-refractivity contribution in [3.8, 4) is 17.2 Å². The zero-order valence-corrected chi connectivity index (χ0v) is 14.9. The molecule has 138 valence electrons. The Bertz CT molecular complexity index is 1190. The van der Waals surface area contributed by atoms with E-state index in [1.54, 1.807) is 42.6 Å². The molecule has 4 aromatic rings. The van der Waals surface area contributed by atoms with Crippen LogP contribution in [0.3, 0.4) is 0 Å². The van der Waals surface area contributed by atoms with Gasteiger partial charge in [0.2, 0.25) is 11.6 Å². The molecule has 2 heterocycles. The van der Waals surface area contributed by atoms with E-state index in [4.69, 9.17) is 16.0 Å². The summed E-state index contributed by atoms with van der Waals surface area (Å²) in [4.78, 5) is 22.9. The minimum atomic E-state index is -0.706. The van der Waals surface area contributed by atoms with Gasteiger partial charge in [-0.15, -0.1) is 0 Å². The first-order valence-corrected chi connectivity index (χ1v) is 8.42. The molecule has 4 rings (SSSR count). The van der Waals surface area contributed by atoms with Crippen LogP contribution < -0.4 is 0 Å². The molecule has 0 fully saturated rings. The van der Waals surface area contributed by atoms with Gasteiger partial charge in [-0.3, -0.25) is 15.1 Å². The molecule has 0 unspecified atom stereocenters. The molecule has 0 bridgehead atoms. The lowest BCUT2D eigenvalue weighted by Crippen LogP contribution is -1.92. The smallest absolute Gasteiger partial charge is 0.312 e. The van der Waals surface area contributed by atoms with Crippen LogP contribution >= 0.6 is 11.6 Å². The molecule has 0 spiro atoms. The summed E-state index contributed by atoms with van der Waals surface area (Å²) >= 11 is 5.87. The number of aromatic hydroxyl groups is 1. The van der Waals surface area contributed by atoms with E-state index in [0.29, 0.717) is 22.8 Å². The van der Waals surface area contributed by atoms with Gasteiger partial charge in [-0.05, 0) is 42.5 Å². The van der Waals surface area contributed by atoms with E-state index in [9.17, 15) is 15.2 Å². The maximum absolute atomic E-state index is 11.0. The third-order valence-electron chi connectivity index (χ3n) is 3.91. The first-order chi connectivity index (χ1) is 13.5. The van der Waals surface area contributed by atoms with E-state index in [2.05, 4.69) is 15.0 Å². The fourth-order valence-corrected chi connectivity index (χ4v) is 2.79. The standard InChI is InChI=1S/C19H11ClN4O4/c20-13-8-12(17(25)15(9-13)24(26)27)10-22-14-5-3-11(4-6-14)19-23-18-16(28-19)2-1-7-21-18/h1-10,25H. The first-order valence-electron chi connectivity index (χ1n) is 8.04. The summed E-state index contributed by atoms with van der Waals surface area (Å²) in [7, 11) is 0. The SMILES string of the molecule is O=[N+]([O-])c1cc(Cl)cc(C=Nc2ccc(-c3nc4ncccc4o3)cc2)c1O. The van der Waals surface area contributed by atoms with Crippen molar-refractivity contribution < 1.29 is 14.4 Å². The number of nitrogens with zero attached hydrogens (tertiary/aromatic N) is 4. The lowest BCUT2D eigenvalue weighted by atomic mass is 10.2. The molecular formula is C19H11ClN4O4. The van der Waals surface area contributed by atoms with Gasteiger partial charge in [0.15, 0.2) is 11.2 Å². The molecule has 0 aliphatic rings. The van der Waals surface area contributed by atoms with Crippen LogP contribution in [-0.4, -0.2) is 26.2 Å². The Balaban J connectivity index is 1.60. The first kappa shape index (κ1) is 17.6. The van der Waals surface area contributed by atoms with E-state index in [1.165, 1.54) is 12.3 Å². The number of pyridine rings is 1. The van der Waals surface area contributed by atoms with Gasteiger partial charge in [0, 0.05) is 34.6 Å². The van der Waals surface area contributed by atoms with Crippen molar-refractivity contribution in [2.75, 3.05) is 0 Å². The minimum absolute atomic E-state index is 0.130. The van der Waals surface area contributed by atoms with Crippen LogP contribution in [0.4, 0.5) is 11.4 Å². The molecule has 28 heavy (non-hydrogen) atoms. The molecule has 2 aromatic heterocycles. The Hall–Kier alpha value is -3.78. The normalized spacial score (nSPS) is 11.3. The molecule has 8 nitrogen and oxygen atoms in total. The molecule has 0 aliphatic heterocycles. The van der Waals surface area contributed by atoms with E-state index in [0.717, 1.165) is 11.6 Å². The number of hydrogen-bond donors (Lipinski definition) is 1. The number of halogens is 1. The summed E-state index contributed by atoms with van der Waals surface area (Å²) in [6.07, 6.45) is 2.95. The molecule has 2 aromatic carbocycles. The van der Waals surface area contributed by atoms with Crippen LogP contribution in [0, 0.1) is 10.1 Å². The number of aromatic nitrogens is 2. The summed E-state index contributed by atoms with van der Waals surface area (Å²) in [6, 6.07) is 13.0. The van der Waals surface area contributed by atoms with Gasteiger partial charge in [0.1, 0.15) is 0 Å². The second-order valence-corrected chi connectivity index (χ2v) is 6.21. The number of phenols is 1. The Morgan fingerprint density at radius 3 is 2.71 bits per heavy atom. The van der Waals surface area contributed by atoms with Crippen LogP contribution in [0.25, 0.3) is 22.7 Å². The number of benzene rings is 2. The summed E-state index contributed by atoms with van der Waals surface area (Å²) in [5.74, 6) is -0.0546. The molecule has 9 heteroatoms. The maximum Gasteiger partial charge on any atom is 0.312 e. The van der Waals surface area contributed by atoms with Crippen molar-refractivity contribution in [3.05, 3.63) is 75.4 Å². The molecule has 1 N–H and O–H groups in total. The van der Waals surface area contributed by atoms with Gasteiger partial charge in [-0.2, -0.15) is 4.98 Å². The number of nitro benzene ring substituents is 1. The number of rotatable bonds is 4. The van der Waals surface area contributed by atoms with Gasteiger partial charge in [0.05, 0.1) is 10.6 Å². The highest BCUT2D eigenvalue weighted by atomic mass is 35.5. The van der Waals surface area contributed by atoms with Gasteiger partial charge in [0.25, 0.3) is 0 Å². The van der Waals surface area contributed by atoms with Crippen molar-refractivity contribution >= 4 is 40.4 Å². The minimum Gasteiger partial charge on any atom is -0.502 e. The Morgan fingerprint density at radius 2 is 2.00 bits per heavy atom. The predicted molar refractivity (Wildman–Crippen MR) is 104 cm³/mol. The van der Waals surface area contributed by atoms with Crippen molar-refractivity contribution in [2.24, 2.45) is 4.99 Å². The molecule has 0 amide bonds. The number of nitro groups is 1. The predicted octanol–water partition coefficient (Wildman–Crippen LogP) is 4.91. The Kier molecular flexibility index (Phi) is 4.46. The number of phenolic OH excluding ortho intramolecular Hbond substituents is 1. The molecule has 0 aliphatic carbocycles. The second kappa shape index (κ2) is 7.09. The van der Waals surface area contributed by atoms with E-state index in [1.807, 2.05) is 0 Å². The van der Waals surface area contributed by atoms with Crippen LogP contribution in [0.15, 0.2) is 64.1 Å². The highest BCUT2D eigenvalue weighted by molar-refractivity contribution is 6.31. The average Bonchev–Trinajstić information content (AvgIpc) is 3.13. The zero-order chi connectivity index (χ0) is 19.7. The largest absolute Gasteiger partial charge is 0.502 e. The maximum atomic E-state index is 11.0. The summed E-state index contributed by atoms with van der Waals surface area (Å²) in [5, 5.41) is 21.1. The second-order valence-electron chi connectivity index (χ2n) is 5.77. The third kappa shape index (κ3) is 3.40. The van der Waals surface area contributed by atoms with Gasteiger partial charge >= 0.3 is 5.69 Å². The quantitative estimate of drug-likeness (QED) is 0.299. The number of hydrogen-bond acceptors (Lipinski definition) is 7. The van der Waals surface area contributed by atoms with E-state index >= 15 is 0 Å². The Morgan fingerprint density at radius 1 is 1.21 bits per heavy atom.